The third kappa shape index (κ3) is 6.73. The SMILES string of the molecule is Cc1ccccc1CNC(=O)C1N(C(=O)C(O)C(Cc2ccccc2)NC(=O)C2=CC(C)(C)C2)CSC1(C)C. The Labute approximate surface area is 235 Å². The standard InChI is InChI=1S/C31H39N3O4S/c1-20-11-9-10-14-22(20)18-32-28(37)26-31(4,5)39-19-34(26)29(38)25(35)24(15-21-12-7-6-8-13-21)33-27(36)23-16-30(2,3)17-23/h6-14,16,24-26,35H,15,17-19H2,1-5H3,(H,32,37)(H,33,36). The molecule has 1 fully saturated rings. The number of nitrogens with zero attached hydrogens (tertiary/aromatic N) is 1. The molecule has 0 radical (unpaired) electrons. The maximum Gasteiger partial charge on any atom is 0.254 e. The van der Waals surface area contributed by atoms with Crippen LogP contribution in [0.15, 0.2) is 66.2 Å². The van der Waals surface area contributed by atoms with Crippen molar-refractivity contribution in [3.8, 4) is 0 Å². The molecule has 39 heavy (non-hydrogen) atoms. The molecule has 7 nitrogen and oxygen atoms in total. The normalized spacial score (nSPS) is 20.8. The quantitative estimate of drug-likeness (QED) is 0.443. The number of rotatable bonds is 9. The molecule has 2 aliphatic rings. The summed E-state index contributed by atoms with van der Waals surface area (Å²) in [5.41, 5.74) is 3.59. The van der Waals surface area contributed by atoms with E-state index in [0.717, 1.165) is 16.7 Å². The van der Waals surface area contributed by atoms with Gasteiger partial charge in [0.1, 0.15) is 6.04 Å². The lowest BCUT2D eigenvalue weighted by atomic mass is 9.74. The first-order chi connectivity index (χ1) is 18.4. The summed E-state index contributed by atoms with van der Waals surface area (Å²) in [7, 11) is 0. The van der Waals surface area contributed by atoms with Crippen LogP contribution < -0.4 is 10.6 Å². The molecule has 3 amide bonds. The molecular formula is C31H39N3O4S. The fourth-order valence-electron chi connectivity index (χ4n) is 5.29. The number of hydrogen-bond donors (Lipinski definition) is 3. The van der Waals surface area contributed by atoms with E-state index in [-0.39, 0.29) is 29.5 Å². The van der Waals surface area contributed by atoms with Gasteiger partial charge in [-0.3, -0.25) is 14.4 Å². The van der Waals surface area contributed by atoms with Gasteiger partial charge in [-0.05, 0) is 55.7 Å². The highest BCUT2D eigenvalue weighted by molar-refractivity contribution is 8.00. The van der Waals surface area contributed by atoms with Crippen molar-refractivity contribution in [3.05, 3.63) is 82.9 Å². The van der Waals surface area contributed by atoms with Crippen molar-refractivity contribution < 1.29 is 19.5 Å². The number of thioether (sulfide) groups is 1. The van der Waals surface area contributed by atoms with Crippen molar-refractivity contribution in [2.24, 2.45) is 5.41 Å². The van der Waals surface area contributed by atoms with Crippen molar-refractivity contribution in [1.82, 2.24) is 15.5 Å². The van der Waals surface area contributed by atoms with Gasteiger partial charge >= 0.3 is 0 Å². The van der Waals surface area contributed by atoms with Crippen molar-refractivity contribution in [2.45, 2.75) is 76.9 Å². The molecule has 0 bridgehead atoms. The first-order valence-corrected chi connectivity index (χ1v) is 14.4. The number of carbonyl (C=O) groups excluding carboxylic acids is 3. The van der Waals surface area contributed by atoms with E-state index < -0.39 is 28.8 Å². The second-order valence-electron chi connectivity index (χ2n) is 11.8. The molecule has 208 valence electrons. The minimum atomic E-state index is -1.51. The van der Waals surface area contributed by atoms with Crippen molar-refractivity contribution in [3.63, 3.8) is 0 Å². The lowest BCUT2D eigenvalue weighted by Gasteiger charge is -2.35. The van der Waals surface area contributed by atoms with Crippen LogP contribution >= 0.6 is 11.8 Å². The molecule has 3 atom stereocenters. The number of nitrogens with one attached hydrogen (secondary N) is 2. The van der Waals surface area contributed by atoms with Crippen molar-refractivity contribution in [2.75, 3.05) is 5.88 Å². The second kappa shape index (κ2) is 11.6. The molecule has 0 saturated carbocycles. The van der Waals surface area contributed by atoms with E-state index in [1.807, 2.05) is 81.4 Å². The van der Waals surface area contributed by atoms with Gasteiger partial charge in [0, 0.05) is 16.9 Å². The molecule has 1 aliphatic carbocycles. The monoisotopic (exact) mass is 549 g/mol. The van der Waals surface area contributed by atoms with E-state index in [0.29, 0.717) is 18.5 Å². The molecule has 1 heterocycles. The summed E-state index contributed by atoms with van der Waals surface area (Å²) in [4.78, 5) is 41.7. The van der Waals surface area contributed by atoms with Gasteiger partial charge in [0.15, 0.2) is 6.10 Å². The Hall–Kier alpha value is -3.10. The molecule has 8 heteroatoms. The van der Waals surface area contributed by atoms with Crippen LogP contribution in [0.25, 0.3) is 0 Å². The molecule has 3 N–H and O–H groups in total. The zero-order chi connectivity index (χ0) is 28.4. The summed E-state index contributed by atoms with van der Waals surface area (Å²) in [6, 6.07) is 15.7. The lowest BCUT2D eigenvalue weighted by molar-refractivity contribution is -0.147. The van der Waals surface area contributed by atoms with Crippen LogP contribution in [0, 0.1) is 12.3 Å². The van der Waals surface area contributed by atoms with Crippen molar-refractivity contribution in [1.29, 1.82) is 0 Å². The maximum absolute atomic E-state index is 13.8. The summed E-state index contributed by atoms with van der Waals surface area (Å²) in [5, 5.41) is 17.3. The predicted octanol–water partition coefficient (Wildman–Crippen LogP) is 3.74. The van der Waals surface area contributed by atoms with Gasteiger partial charge in [-0.2, -0.15) is 0 Å². The average Bonchev–Trinajstić information content (AvgIpc) is 3.20. The topological polar surface area (TPSA) is 98.7 Å². The summed E-state index contributed by atoms with van der Waals surface area (Å²) >= 11 is 1.50. The summed E-state index contributed by atoms with van der Waals surface area (Å²) in [6.45, 7) is 10.3. The number of amides is 3. The van der Waals surface area contributed by atoms with Gasteiger partial charge in [0.05, 0.1) is 11.9 Å². The number of aryl methyl sites for hydroxylation is 1. The second-order valence-corrected chi connectivity index (χ2v) is 13.4. The largest absolute Gasteiger partial charge is 0.381 e. The van der Waals surface area contributed by atoms with Crippen LogP contribution in [0.5, 0.6) is 0 Å². The zero-order valence-corrected chi connectivity index (χ0v) is 24.2. The van der Waals surface area contributed by atoms with E-state index >= 15 is 0 Å². The van der Waals surface area contributed by atoms with E-state index in [9.17, 15) is 19.5 Å². The number of benzene rings is 2. The van der Waals surface area contributed by atoms with Gasteiger partial charge in [-0.15, -0.1) is 11.8 Å². The molecule has 0 spiro atoms. The Morgan fingerprint density at radius 1 is 1.05 bits per heavy atom. The Balaban J connectivity index is 1.52. The summed E-state index contributed by atoms with van der Waals surface area (Å²) in [6.07, 6.45) is 1.33. The third-order valence-corrected chi connectivity index (χ3v) is 8.92. The molecule has 1 saturated heterocycles. The third-order valence-electron chi connectivity index (χ3n) is 7.54. The van der Waals surface area contributed by atoms with Gasteiger partial charge in [-0.1, -0.05) is 74.5 Å². The average molecular weight is 550 g/mol. The predicted molar refractivity (Wildman–Crippen MR) is 155 cm³/mol. The minimum Gasteiger partial charge on any atom is -0.381 e. The number of aliphatic hydroxyl groups is 1. The van der Waals surface area contributed by atoms with Gasteiger partial charge in [0.2, 0.25) is 11.8 Å². The molecule has 2 aromatic carbocycles. The maximum atomic E-state index is 13.8. The van der Waals surface area contributed by atoms with Gasteiger partial charge < -0.3 is 20.6 Å². The molecule has 1 aliphatic heterocycles. The van der Waals surface area contributed by atoms with E-state index in [2.05, 4.69) is 24.5 Å². The Morgan fingerprint density at radius 2 is 1.69 bits per heavy atom. The highest BCUT2D eigenvalue weighted by atomic mass is 32.2. The highest BCUT2D eigenvalue weighted by Crippen LogP contribution is 2.40. The van der Waals surface area contributed by atoms with E-state index in [1.54, 1.807) is 0 Å². The first-order valence-electron chi connectivity index (χ1n) is 13.4. The van der Waals surface area contributed by atoms with Crippen LogP contribution in [-0.2, 0) is 27.3 Å². The zero-order valence-electron chi connectivity index (χ0n) is 23.4. The van der Waals surface area contributed by atoms with Crippen LogP contribution in [0.3, 0.4) is 0 Å². The molecular weight excluding hydrogens is 510 g/mol. The number of aliphatic hydroxyl groups excluding tert-OH is 1. The van der Waals surface area contributed by atoms with Crippen LogP contribution in [0.4, 0.5) is 0 Å². The molecule has 3 unspecified atom stereocenters. The number of allylic oxidation sites excluding steroid dienone is 1. The minimum absolute atomic E-state index is 0.0345. The van der Waals surface area contributed by atoms with Crippen molar-refractivity contribution >= 4 is 29.5 Å². The van der Waals surface area contributed by atoms with Crippen LogP contribution in [0.2, 0.25) is 0 Å². The molecule has 0 aromatic heterocycles. The van der Waals surface area contributed by atoms with E-state index in [1.165, 1.54) is 16.7 Å². The Bertz CT molecular complexity index is 1260. The Morgan fingerprint density at radius 3 is 2.33 bits per heavy atom. The number of hydrogen-bond acceptors (Lipinski definition) is 5. The summed E-state index contributed by atoms with van der Waals surface area (Å²) < 4.78 is -0.550. The van der Waals surface area contributed by atoms with Crippen LogP contribution in [-0.4, -0.2) is 56.5 Å². The van der Waals surface area contributed by atoms with Gasteiger partial charge in [0.25, 0.3) is 5.91 Å². The fourth-order valence-corrected chi connectivity index (χ4v) is 6.43. The molecule has 2 aromatic rings. The highest BCUT2D eigenvalue weighted by Gasteiger charge is 2.50. The fraction of sp³-hybridized carbons (Fsp3) is 0.452. The first kappa shape index (κ1) is 28.9. The Kier molecular flexibility index (Phi) is 8.57. The van der Waals surface area contributed by atoms with Crippen LogP contribution in [0.1, 0.15) is 50.8 Å². The van der Waals surface area contributed by atoms with E-state index in [4.69, 9.17) is 0 Å². The smallest absolute Gasteiger partial charge is 0.254 e. The van der Waals surface area contributed by atoms with Gasteiger partial charge in [-0.25, -0.2) is 0 Å². The molecule has 4 rings (SSSR count). The number of carbonyl (C=O) groups is 3. The lowest BCUT2D eigenvalue weighted by Crippen LogP contribution is -2.58. The summed E-state index contributed by atoms with van der Waals surface area (Å²) in [5.74, 6) is -0.824.